The first kappa shape index (κ1) is 14.5. The van der Waals surface area contributed by atoms with Crippen molar-refractivity contribution < 1.29 is 14.3 Å². The van der Waals surface area contributed by atoms with Gasteiger partial charge in [0.1, 0.15) is 6.61 Å². The first-order valence-electron chi connectivity index (χ1n) is 7.52. The molecule has 1 aromatic heterocycles. The minimum absolute atomic E-state index is 0.0148. The van der Waals surface area contributed by atoms with Crippen molar-refractivity contribution in [1.82, 2.24) is 14.5 Å². The van der Waals surface area contributed by atoms with E-state index in [-0.39, 0.29) is 18.4 Å². The fourth-order valence-corrected chi connectivity index (χ4v) is 3.08. The highest BCUT2D eigenvalue weighted by molar-refractivity contribution is 5.77. The Balaban J connectivity index is 1.81. The summed E-state index contributed by atoms with van der Waals surface area (Å²) in [5, 5.41) is 0. The van der Waals surface area contributed by atoms with Gasteiger partial charge in [0.25, 0.3) is 0 Å². The number of methoxy groups -OCH3 is 2. The van der Waals surface area contributed by atoms with Crippen molar-refractivity contribution in [2.24, 2.45) is 5.92 Å². The monoisotopic (exact) mass is 293 g/mol. The van der Waals surface area contributed by atoms with Gasteiger partial charge in [0.15, 0.2) is 0 Å². The van der Waals surface area contributed by atoms with Crippen molar-refractivity contribution in [1.29, 1.82) is 0 Å². The molecular weight excluding hydrogens is 270 g/mol. The summed E-state index contributed by atoms with van der Waals surface area (Å²) < 4.78 is 12.6. The molecule has 6 nitrogen and oxygen atoms in total. The first-order valence-corrected chi connectivity index (χ1v) is 7.52. The number of hydrogen-bond acceptors (Lipinski definition) is 4. The fraction of sp³-hybridized carbons (Fsp3) is 0.733. The summed E-state index contributed by atoms with van der Waals surface area (Å²) in [6, 6.07) is 0. The SMILES string of the molecule is COCC(=O)N1Cc2ncn(CC3CC3)c2[C@H](COC)C1. The van der Waals surface area contributed by atoms with Gasteiger partial charge in [-0.05, 0) is 18.8 Å². The van der Waals surface area contributed by atoms with Crippen LogP contribution in [0.15, 0.2) is 6.33 Å². The molecule has 1 amide bonds. The van der Waals surface area contributed by atoms with Gasteiger partial charge in [-0.25, -0.2) is 4.98 Å². The van der Waals surface area contributed by atoms with Crippen molar-refractivity contribution in [2.75, 3.05) is 34.0 Å². The zero-order valence-electron chi connectivity index (χ0n) is 12.7. The Morgan fingerprint density at radius 2 is 2.19 bits per heavy atom. The van der Waals surface area contributed by atoms with E-state index in [2.05, 4.69) is 9.55 Å². The summed E-state index contributed by atoms with van der Waals surface area (Å²) in [7, 11) is 3.25. The smallest absolute Gasteiger partial charge is 0.248 e. The lowest BCUT2D eigenvalue weighted by molar-refractivity contribution is -0.136. The fourth-order valence-electron chi connectivity index (χ4n) is 3.08. The molecule has 0 bridgehead atoms. The number of carbonyl (C=O) groups is 1. The van der Waals surface area contributed by atoms with Crippen LogP contribution in [-0.2, 0) is 27.4 Å². The van der Waals surface area contributed by atoms with Crippen LogP contribution in [0.3, 0.4) is 0 Å². The number of ether oxygens (including phenoxy) is 2. The highest BCUT2D eigenvalue weighted by Gasteiger charge is 2.33. The van der Waals surface area contributed by atoms with Gasteiger partial charge in [0.2, 0.25) is 5.91 Å². The maximum Gasteiger partial charge on any atom is 0.248 e. The molecule has 0 aromatic carbocycles. The van der Waals surface area contributed by atoms with Gasteiger partial charge in [0, 0.05) is 38.9 Å². The maximum absolute atomic E-state index is 12.1. The van der Waals surface area contributed by atoms with Crippen LogP contribution in [-0.4, -0.2) is 54.3 Å². The molecule has 1 aromatic rings. The average molecular weight is 293 g/mol. The summed E-state index contributed by atoms with van der Waals surface area (Å²) >= 11 is 0. The van der Waals surface area contributed by atoms with Gasteiger partial charge in [-0.15, -0.1) is 0 Å². The highest BCUT2D eigenvalue weighted by Crippen LogP contribution is 2.34. The van der Waals surface area contributed by atoms with Gasteiger partial charge < -0.3 is 18.9 Å². The Morgan fingerprint density at radius 3 is 2.86 bits per heavy atom. The molecule has 6 heteroatoms. The Kier molecular flexibility index (Phi) is 4.26. The molecule has 3 rings (SSSR count). The van der Waals surface area contributed by atoms with Crippen LogP contribution in [0.4, 0.5) is 0 Å². The van der Waals surface area contributed by atoms with E-state index in [1.165, 1.54) is 18.5 Å². The zero-order chi connectivity index (χ0) is 14.8. The molecule has 1 aliphatic heterocycles. The first-order chi connectivity index (χ1) is 10.2. The normalized spacial score (nSPS) is 21.4. The van der Waals surface area contributed by atoms with E-state index in [9.17, 15) is 4.79 Å². The molecular formula is C15H23N3O3. The van der Waals surface area contributed by atoms with E-state index in [1.54, 1.807) is 14.2 Å². The van der Waals surface area contributed by atoms with Crippen molar-refractivity contribution in [3.05, 3.63) is 17.7 Å². The van der Waals surface area contributed by atoms with E-state index < -0.39 is 0 Å². The van der Waals surface area contributed by atoms with Crippen LogP contribution < -0.4 is 0 Å². The van der Waals surface area contributed by atoms with Gasteiger partial charge >= 0.3 is 0 Å². The standard InChI is InChI=1S/C15H23N3O3/c1-20-8-12-6-17(14(19)9-21-2)7-13-15(12)18(10-16-13)5-11-3-4-11/h10-12H,3-9H2,1-2H3/t12-/m0/s1. The van der Waals surface area contributed by atoms with Gasteiger partial charge in [-0.1, -0.05) is 0 Å². The van der Waals surface area contributed by atoms with E-state index in [0.717, 1.165) is 18.2 Å². The van der Waals surface area contributed by atoms with E-state index in [4.69, 9.17) is 9.47 Å². The molecule has 116 valence electrons. The molecule has 0 spiro atoms. The second kappa shape index (κ2) is 6.15. The third-order valence-electron chi connectivity index (χ3n) is 4.27. The molecule has 1 atom stereocenters. The number of rotatable bonds is 6. The number of hydrogen-bond donors (Lipinski definition) is 0. The van der Waals surface area contributed by atoms with Crippen molar-refractivity contribution in [3.8, 4) is 0 Å². The highest BCUT2D eigenvalue weighted by atomic mass is 16.5. The Morgan fingerprint density at radius 1 is 1.38 bits per heavy atom. The lowest BCUT2D eigenvalue weighted by atomic mass is 9.98. The van der Waals surface area contributed by atoms with Crippen LogP contribution in [0.25, 0.3) is 0 Å². The molecule has 0 saturated heterocycles. The Bertz CT molecular complexity index is 510. The van der Waals surface area contributed by atoms with Crippen LogP contribution in [0, 0.1) is 5.92 Å². The maximum atomic E-state index is 12.1. The largest absolute Gasteiger partial charge is 0.384 e. The third-order valence-corrected chi connectivity index (χ3v) is 4.27. The summed E-state index contributed by atoms with van der Waals surface area (Å²) in [6.07, 6.45) is 4.57. The van der Waals surface area contributed by atoms with Crippen molar-refractivity contribution in [3.63, 3.8) is 0 Å². The minimum Gasteiger partial charge on any atom is -0.384 e. The topological polar surface area (TPSA) is 56.6 Å². The van der Waals surface area contributed by atoms with Gasteiger partial charge in [-0.2, -0.15) is 0 Å². The minimum atomic E-state index is 0.0148. The molecule has 21 heavy (non-hydrogen) atoms. The number of amides is 1. The molecule has 0 unspecified atom stereocenters. The lowest BCUT2D eigenvalue weighted by Gasteiger charge is -2.33. The molecule has 0 radical (unpaired) electrons. The second-order valence-electron chi connectivity index (χ2n) is 6.03. The summed E-state index contributed by atoms with van der Waals surface area (Å²) in [4.78, 5) is 18.4. The quantitative estimate of drug-likeness (QED) is 0.785. The predicted octanol–water partition coefficient (Wildman–Crippen LogP) is 1.01. The average Bonchev–Trinajstić information content (AvgIpc) is 3.19. The molecule has 2 aliphatic rings. The molecule has 1 fully saturated rings. The summed E-state index contributed by atoms with van der Waals surface area (Å²) in [6.45, 7) is 3.04. The molecule has 1 saturated carbocycles. The Hall–Kier alpha value is -1.40. The number of fused-ring (bicyclic) bond motifs is 1. The number of carbonyl (C=O) groups excluding carboxylic acids is 1. The van der Waals surface area contributed by atoms with Gasteiger partial charge in [0.05, 0.1) is 25.2 Å². The Labute approximate surface area is 125 Å². The number of imidazole rings is 1. The second-order valence-corrected chi connectivity index (χ2v) is 6.03. The van der Waals surface area contributed by atoms with E-state index >= 15 is 0 Å². The predicted molar refractivity (Wildman–Crippen MR) is 76.9 cm³/mol. The van der Waals surface area contributed by atoms with Crippen LogP contribution >= 0.6 is 0 Å². The molecule has 0 N–H and O–H groups in total. The van der Waals surface area contributed by atoms with E-state index in [1.807, 2.05) is 11.2 Å². The van der Waals surface area contributed by atoms with Crippen LogP contribution in [0.2, 0.25) is 0 Å². The lowest BCUT2D eigenvalue weighted by Crippen LogP contribution is -2.41. The summed E-state index contributed by atoms with van der Waals surface area (Å²) in [5.41, 5.74) is 2.26. The third kappa shape index (κ3) is 3.11. The van der Waals surface area contributed by atoms with Gasteiger partial charge in [-0.3, -0.25) is 4.79 Å². The van der Waals surface area contributed by atoms with Crippen LogP contribution in [0.1, 0.15) is 30.1 Å². The van der Waals surface area contributed by atoms with E-state index in [0.29, 0.717) is 19.7 Å². The zero-order valence-corrected chi connectivity index (χ0v) is 12.7. The van der Waals surface area contributed by atoms with Crippen molar-refractivity contribution >= 4 is 5.91 Å². The van der Waals surface area contributed by atoms with Crippen molar-refractivity contribution in [2.45, 2.75) is 31.8 Å². The number of nitrogens with zero attached hydrogens (tertiary/aromatic N) is 3. The van der Waals surface area contributed by atoms with Crippen LogP contribution in [0.5, 0.6) is 0 Å². The molecule has 1 aliphatic carbocycles. The number of aromatic nitrogens is 2. The summed E-state index contributed by atoms with van der Waals surface area (Å²) in [5.74, 6) is 1.02. The molecule has 2 heterocycles.